The monoisotopic (exact) mass is 410 g/mol. The molecule has 0 saturated heterocycles. The van der Waals surface area contributed by atoms with Gasteiger partial charge in [0, 0.05) is 29.7 Å². The maximum atomic E-state index is 12.6. The van der Waals surface area contributed by atoms with Crippen LogP contribution in [0, 0.1) is 0 Å². The minimum absolute atomic E-state index is 0.00338. The van der Waals surface area contributed by atoms with E-state index in [1.165, 1.54) is 48.5 Å². The smallest absolute Gasteiger partial charge is 0.338 e. The number of carbonyl (C=O) groups excluding carboxylic acids is 1. The van der Waals surface area contributed by atoms with Gasteiger partial charge in [0.15, 0.2) is 17.6 Å². The minimum Gasteiger partial charge on any atom is -0.508 e. The lowest BCUT2D eigenvalue weighted by molar-refractivity contribution is -0.0188. The van der Waals surface area contributed by atoms with Gasteiger partial charge in [-0.1, -0.05) is 6.07 Å². The van der Waals surface area contributed by atoms with Crippen LogP contribution in [0.15, 0.2) is 54.6 Å². The van der Waals surface area contributed by atoms with Crippen molar-refractivity contribution in [2.24, 2.45) is 0 Å². The predicted octanol–water partition coefficient (Wildman–Crippen LogP) is 3.12. The molecule has 5 N–H and O–H groups in total. The summed E-state index contributed by atoms with van der Waals surface area (Å²) in [5, 5.41) is 48.8. The third-order valence-electron chi connectivity index (χ3n) is 4.86. The molecular weight excluding hydrogens is 392 g/mol. The van der Waals surface area contributed by atoms with Gasteiger partial charge in [-0.3, -0.25) is 0 Å². The Labute approximate surface area is 170 Å². The molecule has 0 aromatic heterocycles. The van der Waals surface area contributed by atoms with E-state index in [1.54, 1.807) is 0 Å². The first-order valence-corrected chi connectivity index (χ1v) is 9.05. The molecule has 154 valence electrons. The van der Waals surface area contributed by atoms with E-state index in [0.717, 1.165) is 6.07 Å². The predicted molar refractivity (Wildman–Crippen MR) is 104 cm³/mol. The number of ether oxygens (including phenoxy) is 2. The molecule has 0 bridgehead atoms. The highest BCUT2D eigenvalue weighted by atomic mass is 16.6. The third-order valence-corrected chi connectivity index (χ3v) is 4.86. The van der Waals surface area contributed by atoms with Gasteiger partial charge in [-0.25, -0.2) is 4.79 Å². The molecule has 0 saturated carbocycles. The Hall–Kier alpha value is -4.07. The quantitative estimate of drug-likeness (QED) is 0.328. The van der Waals surface area contributed by atoms with Crippen molar-refractivity contribution in [1.82, 2.24) is 0 Å². The van der Waals surface area contributed by atoms with E-state index in [0.29, 0.717) is 11.1 Å². The topological polar surface area (TPSA) is 137 Å². The first-order valence-electron chi connectivity index (χ1n) is 9.05. The van der Waals surface area contributed by atoms with E-state index < -0.39 is 18.2 Å². The van der Waals surface area contributed by atoms with Crippen molar-refractivity contribution in [3.63, 3.8) is 0 Å². The number of esters is 1. The molecule has 1 heterocycles. The Bertz CT molecular complexity index is 1110. The van der Waals surface area contributed by atoms with Crippen LogP contribution in [-0.4, -0.2) is 37.6 Å². The first kappa shape index (κ1) is 19.3. The number of aromatic hydroxyl groups is 5. The van der Waals surface area contributed by atoms with Crippen LogP contribution in [0.1, 0.15) is 27.6 Å². The maximum Gasteiger partial charge on any atom is 0.338 e. The van der Waals surface area contributed by atoms with Gasteiger partial charge in [-0.2, -0.15) is 0 Å². The van der Waals surface area contributed by atoms with E-state index in [2.05, 4.69) is 0 Å². The fourth-order valence-electron chi connectivity index (χ4n) is 3.35. The number of hydrogen-bond donors (Lipinski definition) is 5. The number of carbonyl (C=O) groups is 1. The van der Waals surface area contributed by atoms with Crippen LogP contribution in [0.25, 0.3) is 0 Å². The zero-order valence-electron chi connectivity index (χ0n) is 15.5. The van der Waals surface area contributed by atoms with E-state index in [9.17, 15) is 30.3 Å². The number of benzene rings is 3. The Morgan fingerprint density at radius 2 is 1.57 bits per heavy atom. The Morgan fingerprint density at radius 1 is 0.833 bits per heavy atom. The Morgan fingerprint density at radius 3 is 2.27 bits per heavy atom. The van der Waals surface area contributed by atoms with Gasteiger partial charge in [0.05, 0.1) is 5.56 Å². The number of hydrogen-bond acceptors (Lipinski definition) is 8. The van der Waals surface area contributed by atoms with Crippen molar-refractivity contribution < 1.29 is 39.8 Å². The van der Waals surface area contributed by atoms with E-state index >= 15 is 0 Å². The molecule has 8 nitrogen and oxygen atoms in total. The molecule has 0 amide bonds. The molecule has 0 radical (unpaired) electrons. The van der Waals surface area contributed by atoms with Crippen LogP contribution in [0.4, 0.5) is 0 Å². The molecule has 1 aliphatic rings. The molecular formula is C22H18O8. The van der Waals surface area contributed by atoms with Crippen LogP contribution >= 0.6 is 0 Å². The molecule has 3 aromatic rings. The molecule has 0 fully saturated rings. The number of phenols is 5. The summed E-state index contributed by atoms with van der Waals surface area (Å²) in [6, 6.07) is 12.1. The number of phenolic OH excluding ortho intramolecular Hbond substituents is 5. The normalized spacial score (nSPS) is 17.6. The lowest BCUT2D eigenvalue weighted by Crippen LogP contribution is -2.34. The molecule has 0 spiro atoms. The summed E-state index contributed by atoms with van der Waals surface area (Å²) >= 11 is 0. The molecule has 4 rings (SSSR count). The van der Waals surface area contributed by atoms with E-state index in [1.807, 2.05) is 0 Å². The minimum atomic E-state index is -0.891. The molecule has 3 aromatic carbocycles. The van der Waals surface area contributed by atoms with E-state index in [-0.39, 0.29) is 46.5 Å². The van der Waals surface area contributed by atoms with Gasteiger partial charge in [0.2, 0.25) is 0 Å². The van der Waals surface area contributed by atoms with Gasteiger partial charge in [-0.15, -0.1) is 0 Å². The summed E-state index contributed by atoms with van der Waals surface area (Å²) in [6.45, 7) is 0. The SMILES string of the molecule is O=C(O[C@H]1Cc2c(O)cc(O)cc2O[C@@H]1c1ccc(O)c(O)c1)c1ccc(O)cc1. The first-order chi connectivity index (χ1) is 14.3. The highest BCUT2D eigenvalue weighted by molar-refractivity contribution is 5.89. The summed E-state index contributed by atoms with van der Waals surface area (Å²) in [6.07, 6.45) is -1.69. The van der Waals surface area contributed by atoms with Crippen LogP contribution in [0.2, 0.25) is 0 Å². The lowest BCUT2D eigenvalue weighted by atomic mass is 9.93. The molecule has 0 unspecified atom stereocenters. The molecule has 8 heteroatoms. The van der Waals surface area contributed by atoms with Crippen LogP contribution in [-0.2, 0) is 11.2 Å². The largest absolute Gasteiger partial charge is 0.508 e. The van der Waals surface area contributed by atoms with E-state index in [4.69, 9.17) is 9.47 Å². The van der Waals surface area contributed by atoms with Gasteiger partial charge < -0.3 is 35.0 Å². The van der Waals surface area contributed by atoms with Crippen molar-refractivity contribution in [1.29, 1.82) is 0 Å². The van der Waals surface area contributed by atoms with Crippen molar-refractivity contribution in [2.75, 3.05) is 0 Å². The van der Waals surface area contributed by atoms with Crippen molar-refractivity contribution in [3.8, 4) is 34.5 Å². The van der Waals surface area contributed by atoms with Crippen molar-refractivity contribution >= 4 is 5.97 Å². The van der Waals surface area contributed by atoms with Gasteiger partial charge >= 0.3 is 5.97 Å². The van der Waals surface area contributed by atoms with Crippen LogP contribution in [0.5, 0.6) is 34.5 Å². The van der Waals surface area contributed by atoms with Gasteiger partial charge in [-0.05, 0) is 36.4 Å². The number of rotatable bonds is 3. The zero-order valence-corrected chi connectivity index (χ0v) is 15.5. The molecule has 2 atom stereocenters. The highest BCUT2D eigenvalue weighted by Crippen LogP contribution is 2.43. The lowest BCUT2D eigenvalue weighted by Gasteiger charge is -2.34. The third kappa shape index (κ3) is 3.62. The van der Waals surface area contributed by atoms with Gasteiger partial charge in [0.25, 0.3) is 0 Å². The molecule has 0 aliphatic carbocycles. The molecule has 30 heavy (non-hydrogen) atoms. The highest BCUT2D eigenvalue weighted by Gasteiger charge is 2.36. The van der Waals surface area contributed by atoms with Crippen molar-refractivity contribution in [2.45, 2.75) is 18.6 Å². The second kappa shape index (κ2) is 7.40. The van der Waals surface area contributed by atoms with Crippen LogP contribution in [0.3, 0.4) is 0 Å². The summed E-state index contributed by atoms with van der Waals surface area (Å²) in [5.41, 5.74) is 0.985. The average molecular weight is 410 g/mol. The number of fused-ring (bicyclic) bond motifs is 1. The Kier molecular flexibility index (Phi) is 4.75. The Balaban J connectivity index is 1.71. The standard InChI is InChI=1S/C22H18O8/c23-13-4-1-11(2-5-13)22(28)30-20-10-15-17(26)8-14(24)9-19(15)29-21(20)12-3-6-16(25)18(27)7-12/h1-9,20-21,23-27H,10H2/t20-,21+/m0/s1. The zero-order chi connectivity index (χ0) is 21.4. The van der Waals surface area contributed by atoms with Crippen molar-refractivity contribution in [3.05, 3.63) is 71.3 Å². The van der Waals surface area contributed by atoms with Gasteiger partial charge in [0.1, 0.15) is 29.1 Å². The summed E-state index contributed by atoms with van der Waals surface area (Å²) in [4.78, 5) is 12.6. The average Bonchev–Trinajstić information content (AvgIpc) is 2.70. The molecule has 1 aliphatic heterocycles. The fraction of sp³-hybridized carbons (Fsp3) is 0.136. The summed E-state index contributed by atoms with van der Waals surface area (Å²) in [7, 11) is 0. The second-order valence-electron chi connectivity index (χ2n) is 6.92. The second-order valence-corrected chi connectivity index (χ2v) is 6.92. The maximum absolute atomic E-state index is 12.6. The van der Waals surface area contributed by atoms with Crippen LogP contribution < -0.4 is 4.74 Å². The fourth-order valence-corrected chi connectivity index (χ4v) is 3.35. The summed E-state index contributed by atoms with van der Waals surface area (Å²) < 4.78 is 11.5. The summed E-state index contributed by atoms with van der Waals surface area (Å²) in [5.74, 6) is -1.54.